The van der Waals surface area contributed by atoms with Crippen molar-refractivity contribution in [2.24, 2.45) is 0 Å². The molecule has 2 N–H and O–H groups in total. The van der Waals surface area contributed by atoms with Crippen molar-refractivity contribution in [2.75, 3.05) is 13.1 Å². The minimum absolute atomic E-state index is 0.0344. The molecule has 0 aliphatic heterocycles. The molecular weight excluding hydrogens is 277 g/mol. The average molecular weight is 293 g/mol. The molecule has 0 radical (unpaired) electrons. The number of hydrogen-bond donors (Lipinski definition) is 2. The van der Waals surface area contributed by atoms with E-state index in [9.17, 15) is 17.6 Å². The first-order valence-electron chi connectivity index (χ1n) is 6.16. The summed E-state index contributed by atoms with van der Waals surface area (Å²) in [6.07, 6.45) is -3.76. The van der Waals surface area contributed by atoms with Gasteiger partial charge in [0.25, 0.3) is 0 Å². The molecule has 0 aromatic heterocycles. The van der Waals surface area contributed by atoms with Crippen LogP contribution in [-0.2, 0) is 6.54 Å². The fourth-order valence-electron chi connectivity index (χ4n) is 1.93. The van der Waals surface area contributed by atoms with E-state index in [1.807, 2.05) is 0 Å². The Labute approximate surface area is 115 Å². The minimum Gasteiger partial charge on any atom is -0.423 e. The van der Waals surface area contributed by atoms with Crippen LogP contribution in [0.5, 0.6) is 0 Å². The van der Waals surface area contributed by atoms with Gasteiger partial charge in [-0.05, 0) is 24.6 Å². The van der Waals surface area contributed by atoms with E-state index in [1.165, 1.54) is 17.0 Å². The summed E-state index contributed by atoms with van der Waals surface area (Å²) in [5.41, 5.74) is 0.0538. The second-order valence-corrected chi connectivity index (χ2v) is 4.56. The topological polar surface area (TPSA) is 43.7 Å². The second kappa shape index (κ2) is 7.05. The first-order valence-corrected chi connectivity index (χ1v) is 6.16. The van der Waals surface area contributed by atoms with Crippen molar-refractivity contribution >= 4 is 12.6 Å². The molecule has 0 atom stereocenters. The molecule has 1 aromatic carbocycles. The smallest absolute Gasteiger partial charge is 0.423 e. The Bertz CT molecular complexity index is 440. The van der Waals surface area contributed by atoms with Crippen molar-refractivity contribution in [2.45, 2.75) is 26.1 Å². The summed E-state index contributed by atoms with van der Waals surface area (Å²) in [4.78, 5) is 1.18. The molecule has 3 nitrogen and oxygen atoms in total. The largest absolute Gasteiger partial charge is 0.491 e. The molecule has 0 spiro atoms. The molecular formula is C12H16BF4NO2. The molecule has 0 unspecified atom stereocenters. The molecule has 0 fully saturated rings. The van der Waals surface area contributed by atoms with Crippen LogP contribution in [-0.4, -0.2) is 41.3 Å². The molecule has 0 amide bonds. The monoisotopic (exact) mass is 293 g/mol. The summed E-state index contributed by atoms with van der Waals surface area (Å²) >= 11 is 0. The fourth-order valence-corrected chi connectivity index (χ4v) is 1.93. The van der Waals surface area contributed by atoms with Crippen LogP contribution in [0.1, 0.15) is 18.9 Å². The number of hydrogen-bond acceptors (Lipinski definition) is 3. The molecule has 0 heterocycles. The maximum Gasteiger partial charge on any atom is 0.491 e. The van der Waals surface area contributed by atoms with Crippen LogP contribution in [0.4, 0.5) is 17.6 Å². The summed E-state index contributed by atoms with van der Waals surface area (Å²) in [5.74, 6) is -0.804. The zero-order chi connectivity index (χ0) is 15.3. The summed E-state index contributed by atoms with van der Waals surface area (Å²) in [7, 11) is -1.99. The highest BCUT2D eigenvalue weighted by Gasteiger charge is 2.30. The summed E-state index contributed by atoms with van der Waals surface area (Å²) in [6, 6.07) is 3.51. The van der Waals surface area contributed by atoms with Crippen LogP contribution in [0, 0.1) is 5.82 Å². The molecule has 1 aromatic rings. The van der Waals surface area contributed by atoms with Crippen LogP contribution in [0.3, 0.4) is 0 Å². The van der Waals surface area contributed by atoms with Gasteiger partial charge in [-0.1, -0.05) is 19.1 Å². The van der Waals surface area contributed by atoms with Crippen LogP contribution in [0.25, 0.3) is 0 Å². The van der Waals surface area contributed by atoms with Crippen molar-refractivity contribution in [3.63, 3.8) is 0 Å². The van der Waals surface area contributed by atoms with Crippen molar-refractivity contribution in [3.8, 4) is 0 Å². The Morgan fingerprint density at radius 1 is 1.25 bits per heavy atom. The average Bonchev–Trinajstić information content (AvgIpc) is 2.29. The number of halogens is 4. The third-order valence-corrected chi connectivity index (χ3v) is 2.69. The van der Waals surface area contributed by atoms with Crippen LogP contribution >= 0.6 is 0 Å². The van der Waals surface area contributed by atoms with E-state index in [0.717, 1.165) is 6.07 Å². The lowest BCUT2D eigenvalue weighted by Crippen LogP contribution is -2.36. The quantitative estimate of drug-likeness (QED) is 0.613. The van der Waals surface area contributed by atoms with Gasteiger partial charge in [-0.2, -0.15) is 13.2 Å². The van der Waals surface area contributed by atoms with Gasteiger partial charge in [0.2, 0.25) is 0 Å². The van der Waals surface area contributed by atoms with Gasteiger partial charge in [-0.25, -0.2) is 4.39 Å². The van der Waals surface area contributed by atoms with Crippen LogP contribution in [0.15, 0.2) is 18.2 Å². The highest BCUT2D eigenvalue weighted by molar-refractivity contribution is 6.58. The van der Waals surface area contributed by atoms with Crippen LogP contribution < -0.4 is 5.46 Å². The van der Waals surface area contributed by atoms with E-state index < -0.39 is 25.7 Å². The highest BCUT2D eigenvalue weighted by Crippen LogP contribution is 2.18. The second-order valence-electron chi connectivity index (χ2n) is 4.56. The molecule has 0 saturated carbocycles. The Hall–Kier alpha value is -1.12. The number of alkyl halides is 3. The highest BCUT2D eigenvalue weighted by atomic mass is 19.4. The predicted octanol–water partition coefficient (Wildman–Crippen LogP) is 1.28. The Morgan fingerprint density at radius 2 is 1.90 bits per heavy atom. The minimum atomic E-state index is -4.31. The van der Waals surface area contributed by atoms with Gasteiger partial charge < -0.3 is 10.0 Å². The first-order chi connectivity index (χ1) is 9.23. The predicted molar refractivity (Wildman–Crippen MR) is 67.8 cm³/mol. The van der Waals surface area contributed by atoms with E-state index >= 15 is 0 Å². The molecule has 8 heteroatoms. The van der Waals surface area contributed by atoms with Gasteiger partial charge >= 0.3 is 13.3 Å². The Kier molecular flexibility index (Phi) is 5.97. The Morgan fingerprint density at radius 3 is 2.40 bits per heavy atom. The van der Waals surface area contributed by atoms with Gasteiger partial charge in [0.1, 0.15) is 5.82 Å². The lowest BCUT2D eigenvalue weighted by molar-refractivity contribution is -0.147. The van der Waals surface area contributed by atoms with E-state index in [4.69, 9.17) is 10.0 Å². The molecule has 0 bridgehead atoms. The number of rotatable bonds is 6. The maximum atomic E-state index is 13.3. The Balaban J connectivity index is 2.85. The SMILES string of the molecule is CCCN(Cc1ccc(F)c(B(O)O)c1)CC(F)(F)F. The van der Waals surface area contributed by atoms with Crippen molar-refractivity contribution in [1.29, 1.82) is 0 Å². The van der Waals surface area contributed by atoms with Gasteiger partial charge in [-0.15, -0.1) is 0 Å². The molecule has 0 saturated heterocycles. The number of nitrogens with zero attached hydrogens (tertiary/aromatic N) is 1. The molecule has 1 rings (SSSR count). The molecule has 112 valence electrons. The fraction of sp³-hybridized carbons (Fsp3) is 0.500. The van der Waals surface area contributed by atoms with Gasteiger partial charge in [0.15, 0.2) is 0 Å². The normalized spacial score (nSPS) is 12.0. The number of benzene rings is 1. The van der Waals surface area contributed by atoms with Gasteiger partial charge in [0.05, 0.1) is 6.54 Å². The first kappa shape index (κ1) is 16.9. The lowest BCUT2D eigenvalue weighted by atomic mass is 9.79. The zero-order valence-electron chi connectivity index (χ0n) is 11.0. The third kappa shape index (κ3) is 5.48. The van der Waals surface area contributed by atoms with Crippen molar-refractivity contribution < 1.29 is 27.6 Å². The van der Waals surface area contributed by atoms with Gasteiger partial charge in [0, 0.05) is 12.0 Å². The van der Waals surface area contributed by atoms with Crippen molar-refractivity contribution in [1.82, 2.24) is 4.90 Å². The standard InChI is InChI=1S/C12H16BF4NO2/c1-2-5-18(8-12(15,16)17)7-9-3-4-11(14)10(6-9)13(19)20/h3-4,6,19-20H,2,5,7-8H2,1H3. The van der Waals surface area contributed by atoms with E-state index in [2.05, 4.69) is 0 Å². The third-order valence-electron chi connectivity index (χ3n) is 2.69. The molecule has 0 aliphatic carbocycles. The van der Waals surface area contributed by atoms with E-state index in [1.54, 1.807) is 6.92 Å². The maximum absolute atomic E-state index is 13.3. The van der Waals surface area contributed by atoms with Crippen LogP contribution in [0.2, 0.25) is 0 Å². The summed E-state index contributed by atoms with van der Waals surface area (Å²) in [5, 5.41) is 17.9. The molecule has 0 aliphatic rings. The van der Waals surface area contributed by atoms with E-state index in [0.29, 0.717) is 12.0 Å². The zero-order valence-corrected chi connectivity index (χ0v) is 11.0. The van der Waals surface area contributed by atoms with E-state index in [-0.39, 0.29) is 18.6 Å². The molecule has 20 heavy (non-hydrogen) atoms. The van der Waals surface area contributed by atoms with Gasteiger partial charge in [-0.3, -0.25) is 4.90 Å². The lowest BCUT2D eigenvalue weighted by Gasteiger charge is -2.23. The summed E-state index contributed by atoms with van der Waals surface area (Å²) in [6.45, 7) is 0.910. The van der Waals surface area contributed by atoms with Crippen molar-refractivity contribution in [3.05, 3.63) is 29.6 Å². The summed E-state index contributed by atoms with van der Waals surface area (Å²) < 4.78 is 50.5.